The van der Waals surface area contributed by atoms with Crippen molar-refractivity contribution in [2.24, 2.45) is 0 Å². The maximum Gasteiger partial charge on any atom is 0.255 e. The number of benzene rings is 1. The molecule has 0 heterocycles. The van der Waals surface area contributed by atoms with E-state index in [-0.39, 0.29) is 5.56 Å². The molecule has 0 atom stereocenters. The van der Waals surface area contributed by atoms with Crippen molar-refractivity contribution in [1.29, 1.82) is 0 Å². The average Bonchev–Trinajstić information content (AvgIpc) is 2.28. The number of carbonyl (C=O) groups is 1. The number of hydrogen-bond donors (Lipinski definition) is 2. The molecule has 0 unspecified atom stereocenters. The third-order valence-electron chi connectivity index (χ3n) is 2.01. The molecule has 1 aromatic rings. The standard InChI is InChI=1S/C11H13ClF2N2O/c1-2-15-9-4-3-7(12)5-8(9)11(17)16-6-10(13)14/h3-5,10,15H,2,6H2,1H3,(H,16,17). The fraction of sp³-hybridized carbons (Fsp3) is 0.364. The van der Waals surface area contributed by atoms with E-state index in [1.54, 1.807) is 12.1 Å². The first-order chi connectivity index (χ1) is 8.04. The van der Waals surface area contributed by atoms with Gasteiger partial charge in [0.15, 0.2) is 0 Å². The van der Waals surface area contributed by atoms with Crippen LogP contribution in [-0.4, -0.2) is 25.4 Å². The Balaban J connectivity index is 2.86. The molecule has 0 radical (unpaired) electrons. The zero-order valence-corrected chi connectivity index (χ0v) is 10.0. The van der Waals surface area contributed by atoms with Crippen LogP contribution in [0.15, 0.2) is 18.2 Å². The maximum absolute atomic E-state index is 12.0. The second kappa shape index (κ2) is 6.39. The zero-order chi connectivity index (χ0) is 12.8. The molecule has 0 aliphatic heterocycles. The minimum absolute atomic E-state index is 0.264. The Morgan fingerprint density at radius 1 is 1.47 bits per heavy atom. The van der Waals surface area contributed by atoms with Crippen LogP contribution < -0.4 is 10.6 Å². The topological polar surface area (TPSA) is 41.1 Å². The number of alkyl halides is 2. The first kappa shape index (κ1) is 13.7. The Kier molecular flexibility index (Phi) is 5.15. The van der Waals surface area contributed by atoms with Crippen molar-refractivity contribution in [1.82, 2.24) is 5.32 Å². The lowest BCUT2D eigenvalue weighted by Crippen LogP contribution is -2.29. The van der Waals surface area contributed by atoms with Gasteiger partial charge in [-0.15, -0.1) is 0 Å². The summed E-state index contributed by atoms with van der Waals surface area (Å²) in [5.74, 6) is -0.566. The van der Waals surface area contributed by atoms with Gasteiger partial charge in [0.2, 0.25) is 0 Å². The molecule has 1 amide bonds. The van der Waals surface area contributed by atoms with Gasteiger partial charge < -0.3 is 10.6 Å². The van der Waals surface area contributed by atoms with Gasteiger partial charge in [-0.05, 0) is 25.1 Å². The number of nitrogens with one attached hydrogen (secondary N) is 2. The molecule has 3 nitrogen and oxygen atoms in total. The van der Waals surface area contributed by atoms with Crippen LogP contribution in [0.2, 0.25) is 5.02 Å². The summed E-state index contributed by atoms with van der Waals surface area (Å²) in [4.78, 5) is 11.7. The van der Waals surface area contributed by atoms with Crippen molar-refractivity contribution in [3.8, 4) is 0 Å². The van der Waals surface area contributed by atoms with E-state index in [9.17, 15) is 13.6 Å². The van der Waals surface area contributed by atoms with Crippen molar-refractivity contribution < 1.29 is 13.6 Å². The minimum atomic E-state index is -2.57. The van der Waals surface area contributed by atoms with E-state index in [1.807, 2.05) is 6.92 Å². The Hall–Kier alpha value is -1.36. The van der Waals surface area contributed by atoms with Gasteiger partial charge in [0.1, 0.15) is 0 Å². The highest BCUT2D eigenvalue weighted by Gasteiger charge is 2.13. The summed E-state index contributed by atoms with van der Waals surface area (Å²) >= 11 is 5.77. The largest absolute Gasteiger partial charge is 0.385 e. The summed E-state index contributed by atoms with van der Waals surface area (Å²) in [5.41, 5.74) is 0.837. The Morgan fingerprint density at radius 2 is 2.18 bits per heavy atom. The third-order valence-corrected chi connectivity index (χ3v) is 2.25. The number of amides is 1. The van der Waals surface area contributed by atoms with Gasteiger partial charge >= 0.3 is 0 Å². The second-order valence-corrected chi connectivity index (χ2v) is 3.76. The van der Waals surface area contributed by atoms with Gasteiger partial charge in [-0.25, -0.2) is 8.78 Å². The summed E-state index contributed by atoms with van der Waals surface area (Å²) in [6, 6.07) is 4.72. The zero-order valence-electron chi connectivity index (χ0n) is 9.27. The number of anilines is 1. The van der Waals surface area contributed by atoms with Crippen LogP contribution in [0.4, 0.5) is 14.5 Å². The van der Waals surface area contributed by atoms with Gasteiger partial charge in [-0.3, -0.25) is 4.79 Å². The number of hydrogen-bond acceptors (Lipinski definition) is 2. The quantitative estimate of drug-likeness (QED) is 0.857. The van der Waals surface area contributed by atoms with E-state index < -0.39 is 18.9 Å². The third kappa shape index (κ3) is 4.19. The lowest BCUT2D eigenvalue weighted by Gasteiger charge is -2.11. The summed E-state index contributed by atoms with van der Waals surface area (Å²) in [6.07, 6.45) is -2.57. The van der Waals surface area contributed by atoms with Crippen molar-refractivity contribution >= 4 is 23.2 Å². The van der Waals surface area contributed by atoms with Gasteiger partial charge in [0.05, 0.1) is 12.1 Å². The molecule has 94 valence electrons. The van der Waals surface area contributed by atoms with Crippen LogP contribution in [0.3, 0.4) is 0 Å². The molecule has 2 N–H and O–H groups in total. The molecule has 0 aromatic heterocycles. The Bertz CT molecular complexity index is 399. The predicted molar refractivity (Wildman–Crippen MR) is 64.0 cm³/mol. The van der Waals surface area contributed by atoms with Gasteiger partial charge in [0, 0.05) is 17.3 Å². The summed E-state index contributed by atoms with van der Waals surface area (Å²) in [5, 5.41) is 5.48. The summed E-state index contributed by atoms with van der Waals surface area (Å²) in [6.45, 7) is 1.82. The Labute approximate surface area is 103 Å². The van der Waals surface area contributed by atoms with Gasteiger partial charge in [-0.2, -0.15) is 0 Å². The van der Waals surface area contributed by atoms with Gasteiger partial charge in [0.25, 0.3) is 12.3 Å². The van der Waals surface area contributed by atoms with Crippen LogP contribution in [0.1, 0.15) is 17.3 Å². The minimum Gasteiger partial charge on any atom is -0.385 e. The molecule has 17 heavy (non-hydrogen) atoms. The van der Waals surface area contributed by atoms with E-state index in [0.717, 1.165) is 0 Å². The monoisotopic (exact) mass is 262 g/mol. The van der Waals surface area contributed by atoms with E-state index >= 15 is 0 Å². The van der Waals surface area contributed by atoms with Crippen LogP contribution in [0.5, 0.6) is 0 Å². The van der Waals surface area contributed by atoms with Crippen LogP contribution in [-0.2, 0) is 0 Å². The molecule has 0 aliphatic carbocycles. The fourth-order valence-corrected chi connectivity index (χ4v) is 1.49. The SMILES string of the molecule is CCNc1ccc(Cl)cc1C(=O)NCC(F)F. The smallest absolute Gasteiger partial charge is 0.255 e. The maximum atomic E-state index is 12.0. The second-order valence-electron chi connectivity index (χ2n) is 3.32. The molecular formula is C11H13ClF2N2O. The van der Waals surface area contributed by atoms with E-state index in [1.165, 1.54) is 6.07 Å². The van der Waals surface area contributed by atoms with Crippen molar-refractivity contribution in [3.63, 3.8) is 0 Å². The highest BCUT2D eigenvalue weighted by molar-refractivity contribution is 6.31. The molecule has 0 aliphatic rings. The van der Waals surface area contributed by atoms with Crippen molar-refractivity contribution in [2.45, 2.75) is 13.3 Å². The predicted octanol–water partition coefficient (Wildman–Crippen LogP) is 2.77. The molecule has 1 aromatic carbocycles. The average molecular weight is 263 g/mol. The molecule has 1 rings (SSSR count). The number of halogens is 3. The van der Waals surface area contributed by atoms with Crippen LogP contribution in [0.25, 0.3) is 0 Å². The molecule has 6 heteroatoms. The lowest BCUT2D eigenvalue weighted by atomic mass is 10.1. The highest BCUT2D eigenvalue weighted by atomic mass is 35.5. The van der Waals surface area contributed by atoms with Crippen molar-refractivity contribution in [2.75, 3.05) is 18.4 Å². The van der Waals surface area contributed by atoms with Crippen LogP contribution >= 0.6 is 11.6 Å². The first-order valence-electron chi connectivity index (χ1n) is 5.14. The summed E-state index contributed by atoms with van der Waals surface area (Å²) in [7, 11) is 0. The fourth-order valence-electron chi connectivity index (χ4n) is 1.31. The Morgan fingerprint density at radius 3 is 2.76 bits per heavy atom. The first-order valence-corrected chi connectivity index (χ1v) is 5.52. The number of carbonyl (C=O) groups excluding carboxylic acids is 1. The molecule has 0 saturated heterocycles. The normalized spacial score (nSPS) is 10.4. The molecule has 0 saturated carbocycles. The number of rotatable bonds is 5. The molecular weight excluding hydrogens is 250 g/mol. The van der Waals surface area contributed by atoms with Crippen molar-refractivity contribution in [3.05, 3.63) is 28.8 Å². The highest BCUT2D eigenvalue weighted by Crippen LogP contribution is 2.20. The van der Waals surface area contributed by atoms with E-state index in [4.69, 9.17) is 11.6 Å². The molecule has 0 bridgehead atoms. The van der Waals surface area contributed by atoms with Crippen LogP contribution in [0, 0.1) is 0 Å². The molecule has 0 spiro atoms. The van der Waals surface area contributed by atoms with E-state index in [0.29, 0.717) is 17.3 Å². The molecule has 0 fully saturated rings. The van der Waals surface area contributed by atoms with E-state index in [2.05, 4.69) is 10.6 Å². The summed E-state index contributed by atoms with van der Waals surface area (Å²) < 4.78 is 24.0. The lowest BCUT2D eigenvalue weighted by molar-refractivity contribution is 0.0892. The van der Waals surface area contributed by atoms with Gasteiger partial charge in [-0.1, -0.05) is 11.6 Å².